The van der Waals surface area contributed by atoms with Gasteiger partial charge in [0.05, 0.1) is 12.6 Å². The number of ether oxygens (including phenoxy) is 1. The molecule has 0 aliphatic carbocycles. The third kappa shape index (κ3) is 3.33. The largest absolute Gasteiger partial charge is 0.494 e. The van der Waals surface area contributed by atoms with Gasteiger partial charge in [-0.2, -0.15) is 0 Å². The van der Waals surface area contributed by atoms with E-state index in [1.807, 2.05) is 39.1 Å². The summed E-state index contributed by atoms with van der Waals surface area (Å²) < 4.78 is 5.57. The van der Waals surface area contributed by atoms with Crippen LogP contribution >= 0.6 is 11.6 Å². The van der Waals surface area contributed by atoms with Crippen molar-refractivity contribution in [2.24, 2.45) is 0 Å². The van der Waals surface area contributed by atoms with Crippen LogP contribution in [0.3, 0.4) is 0 Å². The predicted octanol–water partition coefficient (Wildman–Crippen LogP) is 4.36. The minimum Gasteiger partial charge on any atom is -0.494 e. The van der Waals surface area contributed by atoms with E-state index in [-0.39, 0.29) is 6.04 Å². The van der Waals surface area contributed by atoms with E-state index in [4.69, 9.17) is 16.3 Å². The Morgan fingerprint density at radius 1 is 1.15 bits per heavy atom. The lowest BCUT2D eigenvalue weighted by Gasteiger charge is -2.19. The van der Waals surface area contributed by atoms with Gasteiger partial charge in [-0.25, -0.2) is 0 Å². The number of benzene rings is 2. The normalized spacial score (nSPS) is 12.2. The van der Waals surface area contributed by atoms with Crippen LogP contribution in [0.1, 0.15) is 29.7 Å². The summed E-state index contributed by atoms with van der Waals surface area (Å²) in [6.45, 7) is 4.67. The van der Waals surface area contributed by atoms with Gasteiger partial charge in [0.1, 0.15) is 5.75 Å². The molecule has 0 aliphatic heterocycles. The van der Waals surface area contributed by atoms with E-state index in [9.17, 15) is 0 Å². The van der Waals surface area contributed by atoms with Crippen LogP contribution in [0.2, 0.25) is 5.02 Å². The lowest BCUT2D eigenvalue weighted by atomic mass is 9.98. The van der Waals surface area contributed by atoms with Crippen LogP contribution in [0.5, 0.6) is 5.75 Å². The zero-order valence-corrected chi connectivity index (χ0v) is 12.9. The Morgan fingerprint density at radius 3 is 2.55 bits per heavy atom. The summed E-state index contributed by atoms with van der Waals surface area (Å²) in [7, 11) is 1.95. The molecule has 0 fully saturated rings. The van der Waals surface area contributed by atoms with Crippen molar-refractivity contribution >= 4 is 11.6 Å². The summed E-state index contributed by atoms with van der Waals surface area (Å²) in [5, 5.41) is 4.13. The molecule has 0 spiro atoms. The molecule has 2 aromatic carbocycles. The van der Waals surface area contributed by atoms with Crippen molar-refractivity contribution in [3.05, 3.63) is 64.2 Å². The number of halogens is 1. The molecule has 0 saturated heterocycles. The van der Waals surface area contributed by atoms with Crippen LogP contribution in [0.15, 0.2) is 42.5 Å². The molecule has 0 radical (unpaired) electrons. The third-order valence-electron chi connectivity index (χ3n) is 3.32. The molecule has 0 heterocycles. The van der Waals surface area contributed by atoms with Gasteiger partial charge in [-0.1, -0.05) is 35.9 Å². The lowest BCUT2D eigenvalue weighted by molar-refractivity contribution is 0.339. The number of hydrogen-bond donors (Lipinski definition) is 1. The Bertz CT molecular complexity index is 583. The average molecular weight is 290 g/mol. The van der Waals surface area contributed by atoms with E-state index in [2.05, 4.69) is 29.6 Å². The molecule has 1 atom stereocenters. The second-order valence-corrected chi connectivity index (χ2v) is 5.14. The molecule has 0 bridgehead atoms. The maximum absolute atomic E-state index is 6.23. The molecule has 1 N–H and O–H groups in total. The van der Waals surface area contributed by atoms with Gasteiger partial charge in [0.25, 0.3) is 0 Å². The van der Waals surface area contributed by atoms with Gasteiger partial charge in [-0.3, -0.25) is 0 Å². The van der Waals surface area contributed by atoms with Crippen LogP contribution in [-0.2, 0) is 0 Å². The van der Waals surface area contributed by atoms with Gasteiger partial charge in [0.2, 0.25) is 0 Å². The van der Waals surface area contributed by atoms with E-state index in [1.54, 1.807) is 0 Å². The Hall–Kier alpha value is -1.51. The maximum Gasteiger partial charge on any atom is 0.119 e. The fourth-order valence-corrected chi connectivity index (χ4v) is 2.45. The molecule has 0 amide bonds. The molecule has 106 valence electrons. The Morgan fingerprint density at radius 2 is 1.90 bits per heavy atom. The lowest BCUT2D eigenvalue weighted by Crippen LogP contribution is -2.17. The molecule has 3 heteroatoms. The highest BCUT2D eigenvalue weighted by Gasteiger charge is 2.13. The molecule has 20 heavy (non-hydrogen) atoms. The molecule has 2 nitrogen and oxygen atoms in total. The summed E-state index contributed by atoms with van der Waals surface area (Å²) in [6, 6.07) is 14.4. The molecule has 1 unspecified atom stereocenters. The molecular formula is C17H20ClNO. The van der Waals surface area contributed by atoms with Crippen molar-refractivity contribution in [1.29, 1.82) is 0 Å². The summed E-state index contributed by atoms with van der Waals surface area (Å²) in [5.74, 6) is 0.892. The van der Waals surface area contributed by atoms with Gasteiger partial charge in [-0.15, -0.1) is 0 Å². The van der Waals surface area contributed by atoms with Gasteiger partial charge in [-0.05, 0) is 55.8 Å². The third-order valence-corrected chi connectivity index (χ3v) is 3.73. The Labute approximate surface area is 125 Å². The minimum atomic E-state index is 0.105. The fraction of sp³-hybridized carbons (Fsp3) is 0.294. The number of nitrogens with one attached hydrogen (secondary N) is 1. The first-order valence-electron chi connectivity index (χ1n) is 6.81. The fourth-order valence-electron chi connectivity index (χ4n) is 2.27. The second kappa shape index (κ2) is 6.78. The molecular weight excluding hydrogens is 270 g/mol. The first-order valence-corrected chi connectivity index (χ1v) is 7.19. The van der Waals surface area contributed by atoms with Crippen LogP contribution in [-0.4, -0.2) is 13.7 Å². The summed E-state index contributed by atoms with van der Waals surface area (Å²) in [5.41, 5.74) is 3.41. The smallest absolute Gasteiger partial charge is 0.119 e. The highest BCUT2D eigenvalue weighted by molar-refractivity contribution is 6.31. The first kappa shape index (κ1) is 14.9. The Balaban J connectivity index is 2.36. The van der Waals surface area contributed by atoms with Crippen LogP contribution in [0.25, 0.3) is 0 Å². The highest BCUT2D eigenvalue weighted by atomic mass is 35.5. The zero-order valence-electron chi connectivity index (χ0n) is 12.1. The first-order chi connectivity index (χ1) is 9.65. The van der Waals surface area contributed by atoms with Crippen LogP contribution in [0.4, 0.5) is 0 Å². The quantitative estimate of drug-likeness (QED) is 0.883. The van der Waals surface area contributed by atoms with Crippen molar-refractivity contribution in [3.8, 4) is 5.75 Å². The predicted molar refractivity (Wildman–Crippen MR) is 84.7 cm³/mol. The standard InChI is InChI=1S/C17H20ClNO/c1-4-20-15-7-5-6-13(10-15)17(19-3)14-9-8-12(2)16(18)11-14/h5-11,17,19H,4H2,1-3H3. The number of hydrogen-bond acceptors (Lipinski definition) is 2. The Kier molecular flexibility index (Phi) is 5.05. The van der Waals surface area contributed by atoms with E-state index < -0.39 is 0 Å². The van der Waals surface area contributed by atoms with Crippen LogP contribution in [0, 0.1) is 6.92 Å². The van der Waals surface area contributed by atoms with E-state index in [0.29, 0.717) is 6.61 Å². The van der Waals surface area contributed by atoms with Gasteiger partial charge < -0.3 is 10.1 Å². The van der Waals surface area contributed by atoms with E-state index in [1.165, 1.54) is 5.56 Å². The van der Waals surface area contributed by atoms with Gasteiger partial charge >= 0.3 is 0 Å². The number of rotatable bonds is 5. The van der Waals surface area contributed by atoms with Gasteiger partial charge in [0.15, 0.2) is 0 Å². The topological polar surface area (TPSA) is 21.3 Å². The van der Waals surface area contributed by atoms with Crippen molar-refractivity contribution in [1.82, 2.24) is 5.32 Å². The van der Waals surface area contributed by atoms with Crippen molar-refractivity contribution < 1.29 is 4.74 Å². The molecule has 2 rings (SSSR count). The van der Waals surface area contributed by atoms with E-state index >= 15 is 0 Å². The molecule has 0 aliphatic rings. The summed E-state index contributed by atoms with van der Waals surface area (Å²) in [6.07, 6.45) is 0. The van der Waals surface area contributed by atoms with E-state index in [0.717, 1.165) is 21.9 Å². The van der Waals surface area contributed by atoms with Crippen molar-refractivity contribution in [3.63, 3.8) is 0 Å². The summed E-state index contributed by atoms with van der Waals surface area (Å²) >= 11 is 6.23. The zero-order chi connectivity index (χ0) is 14.5. The SMILES string of the molecule is CCOc1cccc(C(NC)c2ccc(C)c(Cl)c2)c1. The van der Waals surface area contributed by atoms with Crippen molar-refractivity contribution in [2.75, 3.05) is 13.7 Å². The molecule has 2 aromatic rings. The van der Waals surface area contributed by atoms with Gasteiger partial charge in [0, 0.05) is 5.02 Å². The monoisotopic (exact) mass is 289 g/mol. The second-order valence-electron chi connectivity index (χ2n) is 4.74. The van der Waals surface area contributed by atoms with Crippen LogP contribution < -0.4 is 10.1 Å². The number of aryl methyl sites for hydroxylation is 1. The minimum absolute atomic E-state index is 0.105. The molecule has 0 aromatic heterocycles. The maximum atomic E-state index is 6.23. The summed E-state index contributed by atoms with van der Waals surface area (Å²) in [4.78, 5) is 0. The van der Waals surface area contributed by atoms with Crippen molar-refractivity contribution in [2.45, 2.75) is 19.9 Å². The highest BCUT2D eigenvalue weighted by Crippen LogP contribution is 2.28. The average Bonchev–Trinajstić information content (AvgIpc) is 2.44. The molecule has 0 saturated carbocycles.